The molecule has 0 saturated carbocycles. The van der Waals surface area contributed by atoms with Gasteiger partial charge in [-0.3, -0.25) is 9.36 Å². The van der Waals surface area contributed by atoms with Crippen LogP contribution in [0.15, 0.2) is 0 Å². The molecule has 0 spiro atoms. The normalized spacial score (nSPS) is 14.0. The first-order valence-electron chi connectivity index (χ1n) is 6.52. The van der Waals surface area contributed by atoms with Gasteiger partial charge >= 0.3 is 13.6 Å². The molecule has 0 heterocycles. The highest BCUT2D eigenvalue weighted by Crippen LogP contribution is 2.39. The van der Waals surface area contributed by atoms with Gasteiger partial charge in [0.1, 0.15) is 19.7 Å². The van der Waals surface area contributed by atoms with Gasteiger partial charge < -0.3 is 28.6 Å². The van der Waals surface area contributed by atoms with E-state index >= 15 is 0 Å². The van der Waals surface area contributed by atoms with Crippen LogP contribution < -0.4 is 0 Å². The van der Waals surface area contributed by atoms with Crippen molar-refractivity contribution in [3.05, 3.63) is 0 Å². The summed E-state index contributed by atoms with van der Waals surface area (Å²) in [6.45, 7) is 2.85. The second-order valence-corrected chi connectivity index (χ2v) is 8.67. The number of quaternary nitrogens is 2. The minimum atomic E-state index is -4.31. The summed E-state index contributed by atoms with van der Waals surface area (Å²) in [5.41, 5.74) is 0. The van der Waals surface area contributed by atoms with E-state index in [9.17, 15) is 9.36 Å². The maximum atomic E-state index is 10.4. The first-order valence-corrected chi connectivity index (χ1v) is 8.20. The smallest absolute Gasteiger partial charge is 0.359 e. The molecular weight excluding hydrogens is 299 g/mol. The van der Waals surface area contributed by atoms with Crippen LogP contribution in [0.4, 0.5) is 0 Å². The van der Waals surface area contributed by atoms with Crippen molar-refractivity contribution in [1.82, 2.24) is 0 Å². The molecule has 0 aromatic heterocycles. The second kappa shape index (κ2) is 8.82. The lowest BCUT2D eigenvalue weighted by atomic mass is 10.5. The summed E-state index contributed by atoms with van der Waals surface area (Å²) in [5.74, 6) is -1.75. The molecule has 0 fully saturated rings. The van der Waals surface area contributed by atoms with Gasteiger partial charge in [0.2, 0.25) is 5.85 Å². The fraction of sp³-hybridized carbons (Fsp3) is 0.917. The standard InChI is InChI=1S/C7H16NO2.C5H14NO4P/c1-7(9)10-6-5-8(2,3)4;1-6(2,3)4-5(7)11(8,9)10/h5-6H2,1-4H3;5,7H,4H2,1-3H3,(H-,8,9,10)/q+1;/p+1. The number of ether oxygens (including phenoxy) is 1. The van der Waals surface area contributed by atoms with Crippen LogP contribution in [0.5, 0.6) is 0 Å². The summed E-state index contributed by atoms with van der Waals surface area (Å²) < 4.78 is 16.4. The van der Waals surface area contributed by atoms with E-state index in [1.54, 1.807) is 21.1 Å². The van der Waals surface area contributed by atoms with Crippen LogP contribution in [0.2, 0.25) is 0 Å². The number of aliphatic hydroxyl groups is 1. The predicted molar refractivity (Wildman–Crippen MR) is 80.5 cm³/mol. The van der Waals surface area contributed by atoms with Crippen molar-refractivity contribution in [1.29, 1.82) is 0 Å². The number of esters is 1. The summed E-state index contributed by atoms with van der Waals surface area (Å²) in [6.07, 6.45) is 0. The van der Waals surface area contributed by atoms with Crippen LogP contribution >= 0.6 is 7.60 Å². The number of carbonyl (C=O) groups is 1. The number of rotatable bonds is 6. The molecule has 0 rings (SSSR count). The van der Waals surface area contributed by atoms with Crippen LogP contribution in [0.3, 0.4) is 0 Å². The molecule has 21 heavy (non-hydrogen) atoms. The molecule has 8 nitrogen and oxygen atoms in total. The van der Waals surface area contributed by atoms with Gasteiger partial charge in [0.15, 0.2) is 0 Å². The quantitative estimate of drug-likeness (QED) is 0.343. The van der Waals surface area contributed by atoms with E-state index in [-0.39, 0.29) is 12.5 Å². The minimum absolute atomic E-state index is 0.0459. The lowest BCUT2D eigenvalue weighted by Gasteiger charge is -2.26. The molecule has 1 atom stereocenters. The Labute approximate surface area is 127 Å². The molecule has 0 bridgehead atoms. The molecule has 0 radical (unpaired) electrons. The highest BCUT2D eigenvalue weighted by atomic mass is 31.2. The second-order valence-electron chi connectivity index (χ2n) is 6.90. The SMILES string of the molecule is CC(=O)OCC[N+](C)(C)C.C[N+](C)(C)CC(O)P(=O)(O)O. The largest absolute Gasteiger partial charge is 0.460 e. The minimum Gasteiger partial charge on any atom is -0.460 e. The zero-order valence-corrected chi connectivity index (χ0v) is 15.0. The molecule has 0 aliphatic heterocycles. The summed E-state index contributed by atoms with van der Waals surface area (Å²) in [5, 5.41) is 8.94. The van der Waals surface area contributed by atoms with E-state index in [4.69, 9.17) is 19.6 Å². The van der Waals surface area contributed by atoms with Crippen molar-refractivity contribution >= 4 is 13.6 Å². The van der Waals surface area contributed by atoms with Gasteiger partial charge in [0.25, 0.3) is 0 Å². The van der Waals surface area contributed by atoms with Gasteiger partial charge in [-0.15, -0.1) is 0 Å². The number of carbonyl (C=O) groups excluding carboxylic acids is 1. The summed E-state index contributed by atoms with van der Waals surface area (Å²) in [7, 11) is 7.11. The van der Waals surface area contributed by atoms with E-state index in [0.29, 0.717) is 11.1 Å². The number of hydrogen-bond donors (Lipinski definition) is 3. The maximum Gasteiger partial charge on any atom is 0.359 e. The number of likely N-dealkylation sites (N-methyl/N-ethyl adjacent to an activating group) is 2. The van der Waals surface area contributed by atoms with Gasteiger partial charge in [-0.2, -0.15) is 0 Å². The molecule has 9 heteroatoms. The van der Waals surface area contributed by atoms with Gasteiger partial charge in [-0.05, 0) is 0 Å². The Kier molecular flexibility index (Phi) is 9.57. The van der Waals surface area contributed by atoms with Crippen molar-refractivity contribution in [3.63, 3.8) is 0 Å². The van der Waals surface area contributed by atoms with E-state index in [1.807, 2.05) is 0 Å². The fourth-order valence-corrected chi connectivity index (χ4v) is 1.76. The van der Waals surface area contributed by atoms with Gasteiger partial charge in [0.05, 0.1) is 42.3 Å². The number of nitrogens with zero attached hydrogens (tertiary/aromatic N) is 2. The van der Waals surface area contributed by atoms with Crippen LogP contribution in [0.25, 0.3) is 0 Å². The van der Waals surface area contributed by atoms with Gasteiger partial charge in [0, 0.05) is 6.92 Å². The Bertz CT molecular complexity index is 356. The van der Waals surface area contributed by atoms with Crippen molar-refractivity contribution < 1.29 is 38.0 Å². The summed E-state index contributed by atoms with van der Waals surface area (Å²) >= 11 is 0. The van der Waals surface area contributed by atoms with Gasteiger partial charge in [-0.1, -0.05) is 0 Å². The molecule has 128 valence electrons. The van der Waals surface area contributed by atoms with E-state index in [0.717, 1.165) is 11.0 Å². The lowest BCUT2D eigenvalue weighted by molar-refractivity contribution is -0.872. The zero-order valence-electron chi connectivity index (χ0n) is 14.1. The van der Waals surface area contributed by atoms with E-state index in [2.05, 4.69) is 21.1 Å². The van der Waals surface area contributed by atoms with Crippen LogP contribution in [-0.4, -0.2) is 97.7 Å². The Balaban J connectivity index is 0. The molecule has 3 N–H and O–H groups in total. The topological polar surface area (TPSA) is 104 Å². The number of hydrogen-bond acceptors (Lipinski definition) is 4. The third-order valence-electron chi connectivity index (χ3n) is 2.17. The molecule has 1 unspecified atom stereocenters. The highest BCUT2D eigenvalue weighted by Gasteiger charge is 2.31. The Morgan fingerprint density at radius 3 is 1.71 bits per heavy atom. The highest BCUT2D eigenvalue weighted by molar-refractivity contribution is 7.52. The van der Waals surface area contributed by atoms with E-state index in [1.165, 1.54) is 6.92 Å². The summed E-state index contributed by atoms with van der Waals surface area (Å²) in [4.78, 5) is 27.3. The zero-order chi connectivity index (χ0) is 17.5. The molecule has 0 aliphatic carbocycles. The lowest BCUT2D eigenvalue weighted by Crippen LogP contribution is -2.41. The average Bonchev–Trinajstić information content (AvgIpc) is 2.10. The Morgan fingerprint density at radius 1 is 1.10 bits per heavy atom. The van der Waals surface area contributed by atoms with Crippen molar-refractivity contribution in [2.24, 2.45) is 0 Å². The third-order valence-corrected chi connectivity index (χ3v) is 3.11. The van der Waals surface area contributed by atoms with Crippen molar-refractivity contribution in [2.75, 3.05) is 62.0 Å². The first-order chi connectivity index (χ1) is 9.04. The molecule has 0 aromatic carbocycles. The number of aliphatic hydroxyl groups excluding tert-OH is 1. The predicted octanol–water partition coefficient (Wildman–Crippen LogP) is -0.556. The van der Waals surface area contributed by atoms with Crippen LogP contribution in [0.1, 0.15) is 6.92 Å². The molecule has 0 amide bonds. The van der Waals surface area contributed by atoms with Gasteiger partial charge in [-0.25, -0.2) is 0 Å². The molecule has 0 aromatic rings. The Morgan fingerprint density at radius 2 is 1.52 bits per heavy atom. The van der Waals surface area contributed by atoms with Crippen LogP contribution in [-0.2, 0) is 14.1 Å². The van der Waals surface area contributed by atoms with Crippen molar-refractivity contribution in [3.8, 4) is 0 Å². The molecular formula is C12H31N2O6P+2. The van der Waals surface area contributed by atoms with Crippen molar-refractivity contribution in [2.45, 2.75) is 12.8 Å². The third kappa shape index (κ3) is 19.5. The average molecular weight is 330 g/mol. The van der Waals surface area contributed by atoms with E-state index < -0.39 is 13.4 Å². The van der Waals surface area contributed by atoms with Crippen LogP contribution in [0, 0.1) is 0 Å². The summed E-state index contributed by atoms with van der Waals surface area (Å²) in [6, 6.07) is 0. The first kappa shape index (κ1) is 22.8. The molecule has 0 saturated heterocycles. The Hall–Kier alpha value is -0.500. The maximum absolute atomic E-state index is 10.4. The fourth-order valence-electron chi connectivity index (χ4n) is 1.06. The monoisotopic (exact) mass is 330 g/mol. The molecule has 0 aliphatic rings.